The third-order valence-corrected chi connectivity index (χ3v) is 3.20. The van der Waals surface area contributed by atoms with E-state index < -0.39 is 0 Å². The number of hydrogen-bond acceptors (Lipinski definition) is 2. The fraction of sp³-hybridized carbons (Fsp3) is 0.538. The molecule has 0 unspecified atom stereocenters. The lowest BCUT2D eigenvalue weighted by Crippen LogP contribution is -2.36. The van der Waals surface area contributed by atoms with E-state index in [1.807, 2.05) is 19.2 Å². The van der Waals surface area contributed by atoms with Crippen molar-refractivity contribution in [2.45, 2.75) is 20.4 Å². The van der Waals surface area contributed by atoms with Crippen molar-refractivity contribution < 1.29 is 4.39 Å². The molecule has 104 valence electrons. The minimum Gasteiger partial charge on any atom is -0.330 e. The zero-order valence-corrected chi connectivity index (χ0v) is 13.4. The molecule has 0 spiro atoms. The maximum absolute atomic E-state index is 13.6. The molecule has 18 heavy (non-hydrogen) atoms. The van der Waals surface area contributed by atoms with Gasteiger partial charge in [-0.1, -0.05) is 35.8 Å². The lowest BCUT2D eigenvalue weighted by molar-refractivity contribution is 0.208. The first-order chi connectivity index (χ1) is 7.84. The zero-order chi connectivity index (χ0) is 13.1. The molecule has 0 fully saturated rings. The first-order valence-corrected chi connectivity index (χ1v) is 6.46. The molecule has 0 aliphatic carbocycles. The van der Waals surface area contributed by atoms with E-state index in [1.54, 1.807) is 0 Å². The van der Waals surface area contributed by atoms with Crippen LogP contribution in [0.3, 0.4) is 0 Å². The SMILES string of the molecule is CN(Cc1ccc(Br)cc1F)CC(C)(C)CN.Cl. The van der Waals surface area contributed by atoms with Crippen LogP contribution < -0.4 is 5.73 Å². The molecule has 2 N–H and O–H groups in total. The smallest absolute Gasteiger partial charge is 0.128 e. The van der Waals surface area contributed by atoms with E-state index >= 15 is 0 Å². The van der Waals surface area contributed by atoms with E-state index in [9.17, 15) is 4.39 Å². The second-order valence-corrected chi connectivity index (χ2v) is 6.19. The molecule has 0 atom stereocenters. The largest absolute Gasteiger partial charge is 0.330 e. The summed E-state index contributed by atoms with van der Waals surface area (Å²) in [6, 6.07) is 5.17. The minimum atomic E-state index is -0.170. The Morgan fingerprint density at radius 2 is 2.00 bits per heavy atom. The summed E-state index contributed by atoms with van der Waals surface area (Å²) < 4.78 is 14.4. The first kappa shape index (κ1) is 17.8. The van der Waals surface area contributed by atoms with Gasteiger partial charge >= 0.3 is 0 Å². The normalized spacial score (nSPS) is 11.5. The second-order valence-electron chi connectivity index (χ2n) is 5.28. The van der Waals surface area contributed by atoms with Gasteiger partial charge in [-0.2, -0.15) is 0 Å². The second kappa shape index (κ2) is 7.43. The Kier molecular flexibility index (Phi) is 7.37. The molecule has 0 saturated carbocycles. The summed E-state index contributed by atoms with van der Waals surface area (Å²) in [5.74, 6) is -0.170. The Morgan fingerprint density at radius 3 is 2.50 bits per heavy atom. The van der Waals surface area contributed by atoms with Crippen LogP contribution in [0.5, 0.6) is 0 Å². The number of hydrogen-bond donors (Lipinski definition) is 1. The third-order valence-electron chi connectivity index (χ3n) is 2.71. The van der Waals surface area contributed by atoms with Crippen LogP contribution in [-0.2, 0) is 6.54 Å². The molecule has 5 heteroatoms. The van der Waals surface area contributed by atoms with Crippen molar-refractivity contribution in [2.75, 3.05) is 20.1 Å². The van der Waals surface area contributed by atoms with Gasteiger partial charge in [0, 0.05) is 23.1 Å². The molecule has 1 rings (SSSR count). The van der Waals surface area contributed by atoms with Crippen molar-refractivity contribution in [1.29, 1.82) is 0 Å². The van der Waals surface area contributed by atoms with E-state index in [4.69, 9.17) is 5.73 Å². The molecule has 0 aliphatic rings. The van der Waals surface area contributed by atoms with Gasteiger partial charge in [-0.05, 0) is 31.1 Å². The first-order valence-electron chi connectivity index (χ1n) is 5.66. The Bertz CT molecular complexity index is 385. The summed E-state index contributed by atoms with van der Waals surface area (Å²) in [7, 11) is 1.99. The maximum atomic E-state index is 13.6. The summed E-state index contributed by atoms with van der Waals surface area (Å²) >= 11 is 3.25. The molecular weight excluding hydrogens is 319 g/mol. The van der Waals surface area contributed by atoms with E-state index in [0.717, 1.165) is 11.0 Å². The molecule has 2 nitrogen and oxygen atoms in total. The van der Waals surface area contributed by atoms with Gasteiger partial charge in [0.2, 0.25) is 0 Å². The van der Waals surface area contributed by atoms with Crippen LogP contribution in [-0.4, -0.2) is 25.0 Å². The Hall–Kier alpha value is -0.160. The minimum absolute atomic E-state index is 0. The average molecular weight is 340 g/mol. The number of benzene rings is 1. The molecule has 0 radical (unpaired) electrons. The zero-order valence-electron chi connectivity index (χ0n) is 11.0. The number of rotatable bonds is 5. The Balaban J connectivity index is 0.00000289. The lowest BCUT2D eigenvalue weighted by atomic mass is 9.93. The number of nitrogens with zero attached hydrogens (tertiary/aromatic N) is 1. The highest BCUT2D eigenvalue weighted by molar-refractivity contribution is 9.10. The van der Waals surface area contributed by atoms with E-state index in [-0.39, 0.29) is 23.6 Å². The maximum Gasteiger partial charge on any atom is 0.128 e. The predicted octanol–water partition coefficient (Wildman–Crippen LogP) is 3.43. The highest BCUT2D eigenvalue weighted by atomic mass is 79.9. The average Bonchev–Trinajstić information content (AvgIpc) is 2.21. The lowest BCUT2D eigenvalue weighted by Gasteiger charge is -2.29. The number of nitrogens with two attached hydrogens (primary N) is 1. The molecule has 0 bridgehead atoms. The molecule has 0 aliphatic heterocycles. The van der Waals surface area contributed by atoms with Gasteiger partial charge in [-0.3, -0.25) is 0 Å². The summed E-state index contributed by atoms with van der Waals surface area (Å²) in [6.45, 7) is 6.30. The van der Waals surface area contributed by atoms with Gasteiger partial charge in [0.05, 0.1) is 0 Å². The van der Waals surface area contributed by atoms with Gasteiger partial charge in [-0.15, -0.1) is 12.4 Å². The fourth-order valence-corrected chi connectivity index (χ4v) is 2.13. The summed E-state index contributed by atoms with van der Waals surface area (Å²) in [4.78, 5) is 2.10. The quantitative estimate of drug-likeness (QED) is 0.890. The predicted molar refractivity (Wildman–Crippen MR) is 80.5 cm³/mol. The van der Waals surface area contributed by atoms with Crippen molar-refractivity contribution in [2.24, 2.45) is 11.1 Å². The van der Waals surface area contributed by atoms with Crippen molar-refractivity contribution in [1.82, 2.24) is 4.90 Å². The van der Waals surface area contributed by atoms with Gasteiger partial charge in [-0.25, -0.2) is 4.39 Å². The standard InChI is InChI=1S/C13H20BrFN2.ClH/c1-13(2,8-16)9-17(3)7-10-4-5-11(14)6-12(10)15;/h4-6H,7-9,16H2,1-3H3;1H. The highest BCUT2D eigenvalue weighted by Crippen LogP contribution is 2.19. The van der Waals surface area contributed by atoms with Gasteiger partial charge in [0.15, 0.2) is 0 Å². The molecule has 0 aromatic heterocycles. The third kappa shape index (κ3) is 5.65. The van der Waals surface area contributed by atoms with Gasteiger partial charge in [0.25, 0.3) is 0 Å². The molecule has 1 aromatic rings. The van der Waals surface area contributed by atoms with Gasteiger partial charge in [0.1, 0.15) is 5.82 Å². The van der Waals surface area contributed by atoms with Crippen LogP contribution >= 0.6 is 28.3 Å². The van der Waals surface area contributed by atoms with Crippen LogP contribution in [0.15, 0.2) is 22.7 Å². The Labute approximate surface area is 123 Å². The van der Waals surface area contributed by atoms with Crippen molar-refractivity contribution in [3.63, 3.8) is 0 Å². The highest BCUT2D eigenvalue weighted by Gasteiger charge is 2.18. The van der Waals surface area contributed by atoms with Crippen LogP contribution in [0.25, 0.3) is 0 Å². The van der Waals surface area contributed by atoms with E-state index in [0.29, 0.717) is 18.7 Å². The van der Waals surface area contributed by atoms with Crippen LogP contribution in [0, 0.1) is 11.2 Å². The molecule has 1 aromatic carbocycles. The van der Waals surface area contributed by atoms with E-state index in [1.165, 1.54) is 6.07 Å². The molecular formula is C13H21BrClFN2. The van der Waals surface area contributed by atoms with Crippen LogP contribution in [0.2, 0.25) is 0 Å². The van der Waals surface area contributed by atoms with Crippen molar-refractivity contribution >= 4 is 28.3 Å². The summed E-state index contributed by atoms with van der Waals surface area (Å²) in [5.41, 5.74) is 6.46. The summed E-state index contributed by atoms with van der Waals surface area (Å²) in [5, 5.41) is 0. The van der Waals surface area contributed by atoms with Crippen molar-refractivity contribution in [3.8, 4) is 0 Å². The number of halogens is 3. The van der Waals surface area contributed by atoms with Crippen LogP contribution in [0.1, 0.15) is 19.4 Å². The summed E-state index contributed by atoms with van der Waals surface area (Å²) in [6.07, 6.45) is 0. The van der Waals surface area contributed by atoms with E-state index in [2.05, 4.69) is 34.7 Å². The van der Waals surface area contributed by atoms with Gasteiger partial charge < -0.3 is 10.6 Å². The van der Waals surface area contributed by atoms with Crippen LogP contribution in [0.4, 0.5) is 4.39 Å². The molecule has 0 saturated heterocycles. The molecule has 0 amide bonds. The monoisotopic (exact) mass is 338 g/mol. The topological polar surface area (TPSA) is 29.3 Å². The Morgan fingerprint density at radius 1 is 1.39 bits per heavy atom. The molecule has 0 heterocycles. The van der Waals surface area contributed by atoms with Crippen molar-refractivity contribution in [3.05, 3.63) is 34.1 Å². The fourth-order valence-electron chi connectivity index (χ4n) is 1.79.